The van der Waals surface area contributed by atoms with Gasteiger partial charge in [-0.25, -0.2) is 4.39 Å². The van der Waals surface area contributed by atoms with Gasteiger partial charge in [-0.2, -0.15) is 0 Å². The molecule has 2 heterocycles. The number of anilines is 2. The number of hydrogen-bond donors (Lipinski definition) is 0. The van der Waals surface area contributed by atoms with Crippen molar-refractivity contribution in [3.8, 4) is 0 Å². The highest BCUT2D eigenvalue weighted by Gasteiger charge is 2.64. The summed E-state index contributed by atoms with van der Waals surface area (Å²) < 4.78 is 18.6. The van der Waals surface area contributed by atoms with Crippen LogP contribution in [0.3, 0.4) is 0 Å². The molecular weight excluding hydrogens is 888 g/mol. The lowest BCUT2D eigenvalue weighted by Gasteiger charge is -2.52. The van der Waals surface area contributed by atoms with Gasteiger partial charge in [-0.1, -0.05) is 291 Å². The van der Waals surface area contributed by atoms with Crippen molar-refractivity contribution in [2.45, 2.75) is 22.2 Å². The largest absolute Gasteiger partial charge is 0.335 e. The molecule has 0 saturated heterocycles. The van der Waals surface area contributed by atoms with E-state index in [9.17, 15) is 0 Å². The molecule has 0 spiro atoms. The fourth-order valence-corrected chi connectivity index (χ4v) is 13.2. The molecule has 0 saturated carbocycles. The van der Waals surface area contributed by atoms with Gasteiger partial charge in [0.05, 0.1) is 0 Å². The molecule has 0 fully saturated rings. The second kappa shape index (κ2) is 17.7. The predicted molar refractivity (Wildman–Crippen MR) is 295 cm³/mol. The van der Waals surface area contributed by atoms with Crippen molar-refractivity contribution in [2.24, 2.45) is 0 Å². The third-order valence-corrected chi connectivity index (χ3v) is 15.7. The highest BCUT2D eigenvalue weighted by atomic mass is 19.1. The van der Waals surface area contributed by atoms with Gasteiger partial charge in [-0.05, 0) is 85.0 Å². The standard InChI is InChI=1S/C70H51FN2/c71-60-49-61(72-67(52-29-9-1-10-30-52,53-31-11-2-12-32-53)63-45-25-26-46-64(63)68(72,54-33-13-3-14-34-54)55-35-15-4-16-36-55)51-62(50-60)73-69(56-37-17-5-18-38-56,57-39-19-6-20-40-57)65-47-27-28-48-66(65)70(73,58-41-21-7-22-42-58)59-43-23-8-24-44-59/h1-51H. The van der Waals surface area contributed by atoms with E-state index in [0.29, 0.717) is 11.4 Å². The summed E-state index contributed by atoms with van der Waals surface area (Å²) in [7, 11) is 0. The topological polar surface area (TPSA) is 6.48 Å². The molecule has 2 nitrogen and oxygen atoms in total. The molecule has 0 aliphatic carbocycles. The summed E-state index contributed by atoms with van der Waals surface area (Å²) in [5.74, 6) is -0.352. The van der Waals surface area contributed by atoms with E-state index in [2.05, 4.69) is 307 Å². The van der Waals surface area contributed by atoms with E-state index in [1.807, 2.05) is 0 Å². The fourth-order valence-electron chi connectivity index (χ4n) is 13.2. The summed E-state index contributed by atoms with van der Waals surface area (Å²) in [6.07, 6.45) is 0. The highest BCUT2D eigenvalue weighted by Crippen LogP contribution is 2.65. The van der Waals surface area contributed by atoms with Crippen molar-refractivity contribution >= 4 is 11.4 Å². The molecule has 2 aliphatic rings. The third kappa shape index (κ3) is 6.28. The minimum Gasteiger partial charge on any atom is -0.335 e. The van der Waals surface area contributed by atoms with Crippen LogP contribution < -0.4 is 9.80 Å². The van der Waals surface area contributed by atoms with E-state index in [1.165, 1.54) is 0 Å². The molecule has 0 N–H and O–H groups in total. The summed E-state index contributed by atoms with van der Waals surface area (Å²) in [4.78, 5) is 5.13. The van der Waals surface area contributed by atoms with Gasteiger partial charge >= 0.3 is 0 Å². The van der Waals surface area contributed by atoms with Crippen LogP contribution in [-0.2, 0) is 22.2 Å². The Bertz CT molecular complexity index is 3060. The van der Waals surface area contributed by atoms with E-state index in [-0.39, 0.29) is 5.82 Å². The number of rotatable bonds is 10. The van der Waals surface area contributed by atoms with Crippen molar-refractivity contribution in [3.05, 3.63) is 382 Å². The second-order valence-electron chi connectivity index (χ2n) is 19.2. The normalized spacial score (nSPS) is 15.6. The number of hydrogen-bond acceptors (Lipinski definition) is 2. The van der Waals surface area contributed by atoms with Gasteiger partial charge in [0.15, 0.2) is 0 Å². The predicted octanol–water partition coefficient (Wildman–Crippen LogP) is 16.0. The van der Waals surface area contributed by atoms with Crippen LogP contribution in [0.15, 0.2) is 309 Å². The second-order valence-corrected chi connectivity index (χ2v) is 19.2. The number of fused-ring (bicyclic) bond motifs is 2. The fraction of sp³-hybridized carbons (Fsp3) is 0.0571. The molecular formula is C70H51FN2. The Labute approximate surface area is 427 Å². The Hall–Kier alpha value is -9.05. The maximum atomic E-state index is 18.6. The summed E-state index contributed by atoms with van der Waals surface area (Å²) in [5, 5.41) is 0. The average Bonchev–Trinajstić information content (AvgIpc) is 3.93. The Balaban J connectivity index is 1.24. The molecule has 73 heavy (non-hydrogen) atoms. The summed E-state index contributed by atoms with van der Waals surface area (Å²) in [5.41, 5.74) is 10.4. The van der Waals surface area contributed by atoms with E-state index in [1.54, 1.807) is 12.1 Å². The Morgan fingerprint density at radius 2 is 0.370 bits per heavy atom. The van der Waals surface area contributed by atoms with Gasteiger partial charge in [0.25, 0.3) is 0 Å². The molecule has 0 aromatic heterocycles. The number of benzene rings is 11. The monoisotopic (exact) mass is 938 g/mol. The molecule has 348 valence electrons. The molecule has 13 rings (SSSR count). The average molecular weight is 939 g/mol. The molecule has 11 aromatic carbocycles. The molecule has 2 aliphatic heterocycles. The Morgan fingerprint density at radius 3 is 0.548 bits per heavy atom. The highest BCUT2D eigenvalue weighted by molar-refractivity contribution is 5.83. The first kappa shape index (κ1) is 43.9. The van der Waals surface area contributed by atoms with Crippen LogP contribution in [0.2, 0.25) is 0 Å². The van der Waals surface area contributed by atoms with Gasteiger partial charge in [-0.15, -0.1) is 0 Å². The third-order valence-electron chi connectivity index (χ3n) is 15.7. The van der Waals surface area contributed by atoms with Crippen LogP contribution in [0, 0.1) is 5.82 Å². The first-order valence-electron chi connectivity index (χ1n) is 25.2. The van der Waals surface area contributed by atoms with Gasteiger partial charge in [0.2, 0.25) is 0 Å². The quantitative estimate of drug-likeness (QED) is 0.135. The zero-order valence-electron chi connectivity index (χ0n) is 40.2. The zero-order chi connectivity index (χ0) is 48.9. The molecule has 0 unspecified atom stereocenters. The van der Waals surface area contributed by atoms with Gasteiger partial charge < -0.3 is 9.80 Å². The van der Waals surface area contributed by atoms with Crippen LogP contribution in [0.5, 0.6) is 0 Å². The zero-order valence-corrected chi connectivity index (χ0v) is 40.2. The van der Waals surface area contributed by atoms with E-state index < -0.39 is 22.2 Å². The first-order chi connectivity index (χ1) is 36.1. The Morgan fingerprint density at radius 1 is 0.205 bits per heavy atom. The molecule has 0 amide bonds. The number of nitrogens with zero attached hydrogens (tertiary/aromatic N) is 2. The molecule has 3 heteroatoms. The molecule has 0 atom stereocenters. The summed E-state index contributed by atoms with van der Waals surface area (Å²) >= 11 is 0. The number of halogens is 1. The minimum absolute atomic E-state index is 0.352. The van der Waals surface area contributed by atoms with Crippen LogP contribution in [0.25, 0.3) is 0 Å². The maximum absolute atomic E-state index is 18.6. The lowest BCUT2D eigenvalue weighted by atomic mass is 9.76. The van der Waals surface area contributed by atoms with Crippen molar-refractivity contribution in [3.63, 3.8) is 0 Å². The van der Waals surface area contributed by atoms with Gasteiger partial charge in [0, 0.05) is 11.4 Å². The molecule has 0 radical (unpaired) electrons. The Kier molecular flexibility index (Phi) is 10.6. The van der Waals surface area contributed by atoms with Crippen LogP contribution in [0.4, 0.5) is 15.8 Å². The van der Waals surface area contributed by atoms with Crippen LogP contribution in [0.1, 0.15) is 66.8 Å². The van der Waals surface area contributed by atoms with E-state index in [4.69, 9.17) is 0 Å². The van der Waals surface area contributed by atoms with Crippen LogP contribution in [-0.4, -0.2) is 0 Å². The van der Waals surface area contributed by atoms with Crippen molar-refractivity contribution in [1.29, 1.82) is 0 Å². The van der Waals surface area contributed by atoms with Crippen LogP contribution >= 0.6 is 0 Å². The minimum atomic E-state index is -1.00. The SMILES string of the molecule is Fc1cc(N2C(c3ccccc3)(c3ccccc3)c3ccccc3C2(c2ccccc2)c2ccccc2)cc(N2C(c3ccccc3)(c3ccccc3)c3ccccc3C2(c2ccccc2)c2ccccc2)c1. The smallest absolute Gasteiger partial charge is 0.127 e. The van der Waals surface area contributed by atoms with Crippen molar-refractivity contribution < 1.29 is 4.39 Å². The van der Waals surface area contributed by atoms with Crippen molar-refractivity contribution in [1.82, 2.24) is 0 Å². The molecule has 0 bridgehead atoms. The van der Waals surface area contributed by atoms with Gasteiger partial charge in [-0.3, -0.25) is 0 Å². The lowest BCUT2D eigenvalue weighted by Crippen LogP contribution is -2.55. The summed E-state index contributed by atoms with van der Waals surface area (Å²) in [6, 6.07) is 110. The maximum Gasteiger partial charge on any atom is 0.127 e. The molecule has 11 aromatic rings. The lowest BCUT2D eigenvalue weighted by molar-refractivity contribution is 0.486. The first-order valence-corrected chi connectivity index (χ1v) is 25.2. The van der Waals surface area contributed by atoms with E-state index >= 15 is 4.39 Å². The van der Waals surface area contributed by atoms with Gasteiger partial charge in [0.1, 0.15) is 28.0 Å². The van der Waals surface area contributed by atoms with Crippen molar-refractivity contribution in [2.75, 3.05) is 9.80 Å². The summed E-state index contributed by atoms with van der Waals surface area (Å²) in [6.45, 7) is 0. The van der Waals surface area contributed by atoms with E-state index in [0.717, 1.165) is 66.8 Å².